The molecule has 7 heteroatoms. The number of amides is 1. The van der Waals surface area contributed by atoms with Gasteiger partial charge < -0.3 is 20.1 Å². The third-order valence-corrected chi connectivity index (χ3v) is 4.65. The second-order valence-electron chi connectivity index (χ2n) is 7.12. The van der Waals surface area contributed by atoms with E-state index in [9.17, 15) is 9.59 Å². The Morgan fingerprint density at radius 1 is 1.39 bits per heavy atom. The van der Waals surface area contributed by atoms with Crippen LogP contribution in [0.15, 0.2) is 10.8 Å². The second-order valence-corrected chi connectivity index (χ2v) is 7.86. The number of aryl methyl sites for hydroxylation is 1. The van der Waals surface area contributed by atoms with E-state index < -0.39 is 23.2 Å². The zero-order chi connectivity index (χ0) is 17.3. The summed E-state index contributed by atoms with van der Waals surface area (Å²) in [5.41, 5.74) is 1.22. The molecule has 6 nitrogen and oxygen atoms in total. The number of rotatable bonds is 5. The summed E-state index contributed by atoms with van der Waals surface area (Å²) in [4.78, 5) is 24.7. The third kappa shape index (κ3) is 4.68. The molecule has 1 amide bonds. The Labute approximate surface area is 140 Å². The third-order valence-electron chi connectivity index (χ3n) is 3.74. The van der Waals surface area contributed by atoms with Crippen molar-refractivity contribution in [1.29, 1.82) is 0 Å². The maximum atomic E-state index is 12.0. The molecule has 1 saturated heterocycles. The maximum Gasteiger partial charge on any atom is 0.410 e. The molecular formula is C16H24N2O4S. The SMILES string of the molecule is Cc1cscc1CNC1(CC(=O)O)CN(C(=O)OC(C)(C)C)C1. The lowest BCUT2D eigenvalue weighted by molar-refractivity contribution is -0.141. The Morgan fingerprint density at radius 3 is 2.52 bits per heavy atom. The minimum absolute atomic E-state index is 0.0184. The van der Waals surface area contributed by atoms with Crippen molar-refractivity contribution in [1.82, 2.24) is 10.2 Å². The number of hydrogen-bond acceptors (Lipinski definition) is 5. The Kier molecular flexibility index (Phi) is 5.01. The van der Waals surface area contributed by atoms with Crippen molar-refractivity contribution in [2.45, 2.75) is 51.8 Å². The van der Waals surface area contributed by atoms with Crippen LogP contribution in [-0.2, 0) is 16.1 Å². The van der Waals surface area contributed by atoms with Crippen LogP contribution in [0.3, 0.4) is 0 Å². The molecule has 2 N–H and O–H groups in total. The van der Waals surface area contributed by atoms with Gasteiger partial charge in [0, 0.05) is 19.6 Å². The molecule has 0 aliphatic carbocycles. The first-order valence-electron chi connectivity index (χ1n) is 7.57. The Hall–Kier alpha value is -1.60. The van der Waals surface area contributed by atoms with E-state index in [1.165, 1.54) is 5.56 Å². The standard InChI is InChI=1S/C16H24N2O4S/c1-11-7-23-8-12(11)6-17-16(5-13(19)20)9-18(10-16)14(21)22-15(2,3)4/h7-8,17H,5-6,9-10H2,1-4H3,(H,19,20). The van der Waals surface area contributed by atoms with Gasteiger partial charge in [0.2, 0.25) is 0 Å². The van der Waals surface area contributed by atoms with Crippen LogP contribution < -0.4 is 5.32 Å². The summed E-state index contributed by atoms with van der Waals surface area (Å²) in [6, 6.07) is 0. The van der Waals surface area contributed by atoms with E-state index in [1.807, 2.05) is 27.7 Å². The zero-order valence-corrected chi connectivity index (χ0v) is 14.8. The minimum Gasteiger partial charge on any atom is -0.481 e. The maximum absolute atomic E-state index is 12.0. The number of carbonyl (C=O) groups excluding carboxylic acids is 1. The molecule has 0 unspecified atom stereocenters. The monoisotopic (exact) mass is 340 g/mol. The first-order valence-corrected chi connectivity index (χ1v) is 8.51. The zero-order valence-electron chi connectivity index (χ0n) is 14.0. The lowest BCUT2D eigenvalue weighted by atomic mass is 9.86. The van der Waals surface area contributed by atoms with Gasteiger partial charge in [0.1, 0.15) is 5.60 Å². The van der Waals surface area contributed by atoms with Crippen LogP contribution in [0.2, 0.25) is 0 Å². The number of carbonyl (C=O) groups is 2. The fourth-order valence-electron chi connectivity index (χ4n) is 2.57. The van der Waals surface area contributed by atoms with Crippen molar-refractivity contribution < 1.29 is 19.4 Å². The Morgan fingerprint density at radius 2 is 2.04 bits per heavy atom. The van der Waals surface area contributed by atoms with Crippen LogP contribution in [0.4, 0.5) is 4.79 Å². The second kappa shape index (κ2) is 6.49. The molecule has 0 saturated carbocycles. The highest BCUT2D eigenvalue weighted by Gasteiger charge is 2.47. The van der Waals surface area contributed by atoms with Crippen molar-refractivity contribution in [3.05, 3.63) is 21.9 Å². The average Bonchev–Trinajstić information content (AvgIpc) is 2.74. The molecule has 0 radical (unpaired) electrons. The van der Waals surface area contributed by atoms with Crippen LogP contribution in [0.25, 0.3) is 0 Å². The van der Waals surface area contributed by atoms with Crippen molar-refractivity contribution in [2.75, 3.05) is 13.1 Å². The van der Waals surface area contributed by atoms with Gasteiger partial charge in [-0.25, -0.2) is 4.79 Å². The van der Waals surface area contributed by atoms with Crippen LogP contribution in [-0.4, -0.2) is 46.3 Å². The fraction of sp³-hybridized carbons (Fsp3) is 0.625. The highest BCUT2D eigenvalue weighted by molar-refractivity contribution is 7.08. The van der Waals surface area contributed by atoms with Crippen LogP contribution >= 0.6 is 11.3 Å². The average molecular weight is 340 g/mol. The molecule has 2 heterocycles. The number of thiophene rings is 1. The smallest absolute Gasteiger partial charge is 0.410 e. The highest BCUT2D eigenvalue weighted by atomic mass is 32.1. The van der Waals surface area contributed by atoms with Crippen molar-refractivity contribution in [3.63, 3.8) is 0 Å². The molecule has 1 fully saturated rings. The fourth-order valence-corrected chi connectivity index (χ4v) is 3.42. The van der Waals surface area contributed by atoms with Crippen LogP contribution in [0.5, 0.6) is 0 Å². The van der Waals surface area contributed by atoms with Crippen LogP contribution in [0.1, 0.15) is 38.3 Å². The number of nitrogens with one attached hydrogen (secondary N) is 1. The molecule has 0 spiro atoms. The highest BCUT2D eigenvalue weighted by Crippen LogP contribution is 2.28. The lowest BCUT2D eigenvalue weighted by Crippen LogP contribution is -2.71. The summed E-state index contributed by atoms with van der Waals surface area (Å²) in [6.07, 6.45) is -0.415. The van der Waals surface area contributed by atoms with Gasteiger partial charge >= 0.3 is 12.1 Å². The largest absolute Gasteiger partial charge is 0.481 e. The van der Waals surface area contributed by atoms with E-state index in [1.54, 1.807) is 16.2 Å². The van der Waals surface area contributed by atoms with Gasteiger partial charge in [0.05, 0.1) is 12.0 Å². The van der Waals surface area contributed by atoms with Crippen molar-refractivity contribution in [2.24, 2.45) is 0 Å². The molecule has 0 atom stereocenters. The van der Waals surface area contributed by atoms with E-state index >= 15 is 0 Å². The van der Waals surface area contributed by atoms with Gasteiger partial charge in [-0.2, -0.15) is 11.3 Å². The molecule has 128 valence electrons. The summed E-state index contributed by atoms with van der Waals surface area (Å²) >= 11 is 1.63. The van der Waals surface area contributed by atoms with Crippen molar-refractivity contribution in [3.8, 4) is 0 Å². The van der Waals surface area contributed by atoms with E-state index in [4.69, 9.17) is 9.84 Å². The van der Waals surface area contributed by atoms with E-state index in [0.717, 1.165) is 5.56 Å². The molecule has 1 aliphatic rings. The topological polar surface area (TPSA) is 78.9 Å². The van der Waals surface area contributed by atoms with Gasteiger partial charge in [-0.15, -0.1) is 0 Å². The van der Waals surface area contributed by atoms with Gasteiger partial charge in [0.15, 0.2) is 0 Å². The van der Waals surface area contributed by atoms with Gasteiger partial charge in [-0.1, -0.05) is 0 Å². The van der Waals surface area contributed by atoms with E-state index in [2.05, 4.69) is 16.1 Å². The molecule has 1 aromatic heterocycles. The molecule has 1 aliphatic heterocycles. The normalized spacial score (nSPS) is 16.8. The summed E-state index contributed by atoms with van der Waals surface area (Å²) in [7, 11) is 0. The number of ether oxygens (including phenoxy) is 1. The minimum atomic E-state index is -0.872. The predicted octanol–water partition coefficient (Wildman–Crippen LogP) is 2.61. The number of carboxylic acids is 1. The molecular weight excluding hydrogens is 316 g/mol. The van der Waals surface area contributed by atoms with Crippen molar-refractivity contribution >= 4 is 23.4 Å². The van der Waals surface area contributed by atoms with Gasteiger partial charge in [-0.05, 0) is 49.6 Å². The Bertz CT molecular complexity index is 585. The number of carboxylic acid groups (broad SMARTS) is 1. The molecule has 2 rings (SSSR count). The number of aliphatic carboxylic acids is 1. The number of nitrogens with zero attached hydrogens (tertiary/aromatic N) is 1. The summed E-state index contributed by atoms with van der Waals surface area (Å²) < 4.78 is 5.32. The van der Waals surface area contributed by atoms with Gasteiger partial charge in [0.25, 0.3) is 0 Å². The first kappa shape index (κ1) is 17.7. The summed E-state index contributed by atoms with van der Waals surface area (Å²) in [5, 5.41) is 16.6. The number of likely N-dealkylation sites (tertiary alicyclic amines) is 1. The Balaban J connectivity index is 1.96. The molecule has 0 bridgehead atoms. The predicted molar refractivity (Wildman–Crippen MR) is 88.7 cm³/mol. The summed E-state index contributed by atoms with van der Waals surface area (Å²) in [5.74, 6) is -0.872. The summed E-state index contributed by atoms with van der Waals surface area (Å²) in [6.45, 7) is 8.76. The molecule has 23 heavy (non-hydrogen) atoms. The van der Waals surface area contributed by atoms with Gasteiger partial charge in [-0.3, -0.25) is 4.79 Å². The van der Waals surface area contributed by atoms with Crippen LogP contribution in [0, 0.1) is 6.92 Å². The molecule has 1 aromatic rings. The lowest BCUT2D eigenvalue weighted by Gasteiger charge is -2.49. The first-order chi connectivity index (χ1) is 10.6. The number of hydrogen-bond donors (Lipinski definition) is 2. The quantitative estimate of drug-likeness (QED) is 0.861. The van der Waals surface area contributed by atoms with E-state index in [-0.39, 0.29) is 6.42 Å². The molecule has 0 aromatic carbocycles. The van der Waals surface area contributed by atoms with E-state index in [0.29, 0.717) is 19.6 Å².